The Labute approximate surface area is 127 Å². The molecule has 0 aromatic heterocycles. The maximum absolute atomic E-state index is 12.6. The van der Waals surface area contributed by atoms with Crippen molar-refractivity contribution in [1.29, 1.82) is 0 Å². The molecule has 1 atom stereocenters. The van der Waals surface area contributed by atoms with Crippen LogP contribution in [0.5, 0.6) is 0 Å². The van der Waals surface area contributed by atoms with Crippen molar-refractivity contribution in [2.75, 3.05) is 26.2 Å². The maximum Gasteiger partial charge on any atom is 0.227 e. The Kier molecular flexibility index (Phi) is 4.59. The molecule has 0 N–H and O–H groups in total. The first-order valence-electron chi connectivity index (χ1n) is 8.27. The van der Waals surface area contributed by atoms with Crippen LogP contribution < -0.4 is 0 Å². The second kappa shape index (κ2) is 6.61. The molecular weight excluding hydrogens is 260 g/mol. The van der Waals surface area contributed by atoms with Gasteiger partial charge in [0.1, 0.15) is 0 Å². The van der Waals surface area contributed by atoms with Crippen molar-refractivity contribution in [3.05, 3.63) is 35.9 Å². The molecule has 3 rings (SSSR count). The highest BCUT2D eigenvalue weighted by atomic mass is 16.2. The van der Waals surface area contributed by atoms with Crippen LogP contribution in [0.3, 0.4) is 0 Å². The zero-order chi connectivity index (χ0) is 14.7. The van der Waals surface area contributed by atoms with Gasteiger partial charge in [-0.3, -0.25) is 9.69 Å². The number of hydrogen-bond acceptors (Lipinski definition) is 2. The average molecular weight is 286 g/mol. The number of nitrogens with zero attached hydrogens (tertiary/aromatic N) is 2. The van der Waals surface area contributed by atoms with Crippen molar-refractivity contribution in [1.82, 2.24) is 9.80 Å². The quantitative estimate of drug-likeness (QED) is 0.853. The third-order valence-corrected chi connectivity index (χ3v) is 4.97. The highest BCUT2D eigenvalue weighted by molar-refractivity contribution is 5.79. The smallest absolute Gasteiger partial charge is 0.227 e. The zero-order valence-corrected chi connectivity index (χ0v) is 13.0. The van der Waals surface area contributed by atoms with E-state index in [2.05, 4.69) is 47.1 Å². The van der Waals surface area contributed by atoms with E-state index in [9.17, 15) is 4.79 Å². The van der Waals surface area contributed by atoms with Gasteiger partial charge in [0, 0.05) is 26.2 Å². The molecule has 3 heteroatoms. The van der Waals surface area contributed by atoms with Gasteiger partial charge in [0.25, 0.3) is 0 Å². The standard InChI is InChI=1S/C18H26N2O/c1-15-7-11-20(12-8-15)18(21)17-9-10-19(14-17)13-16-5-3-2-4-6-16/h2-6,15,17H,7-14H2,1H3. The van der Waals surface area contributed by atoms with Crippen LogP contribution in [-0.2, 0) is 11.3 Å². The Balaban J connectivity index is 1.51. The van der Waals surface area contributed by atoms with Gasteiger partial charge in [0.05, 0.1) is 5.92 Å². The van der Waals surface area contributed by atoms with Crippen LogP contribution in [0.2, 0.25) is 0 Å². The summed E-state index contributed by atoms with van der Waals surface area (Å²) in [5.41, 5.74) is 1.34. The normalized spacial score (nSPS) is 24.4. The van der Waals surface area contributed by atoms with Crippen molar-refractivity contribution in [3.63, 3.8) is 0 Å². The van der Waals surface area contributed by atoms with Crippen LogP contribution in [-0.4, -0.2) is 41.9 Å². The van der Waals surface area contributed by atoms with Crippen LogP contribution in [0.4, 0.5) is 0 Å². The van der Waals surface area contributed by atoms with E-state index in [1.165, 1.54) is 18.4 Å². The number of carbonyl (C=O) groups is 1. The summed E-state index contributed by atoms with van der Waals surface area (Å²) >= 11 is 0. The molecule has 1 aromatic carbocycles. The lowest BCUT2D eigenvalue weighted by Crippen LogP contribution is -2.42. The van der Waals surface area contributed by atoms with Crippen molar-refractivity contribution in [2.45, 2.75) is 32.7 Å². The molecule has 0 bridgehead atoms. The molecule has 2 aliphatic heterocycles. The van der Waals surface area contributed by atoms with Gasteiger partial charge < -0.3 is 4.90 Å². The first-order chi connectivity index (χ1) is 10.2. The number of piperidine rings is 1. The lowest BCUT2D eigenvalue weighted by Gasteiger charge is -2.32. The van der Waals surface area contributed by atoms with Gasteiger partial charge in [0.15, 0.2) is 0 Å². The summed E-state index contributed by atoms with van der Waals surface area (Å²) < 4.78 is 0. The fourth-order valence-electron chi connectivity index (χ4n) is 3.51. The van der Waals surface area contributed by atoms with Gasteiger partial charge in [-0.2, -0.15) is 0 Å². The first-order valence-corrected chi connectivity index (χ1v) is 8.27. The lowest BCUT2D eigenvalue weighted by atomic mass is 9.97. The predicted molar refractivity (Wildman–Crippen MR) is 84.8 cm³/mol. The van der Waals surface area contributed by atoms with Gasteiger partial charge in [-0.1, -0.05) is 37.3 Å². The van der Waals surface area contributed by atoms with E-state index in [0.717, 1.165) is 45.1 Å². The number of amides is 1. The van der Waals surface area contributed by atoms with Gasteiger partial charge >= 0.3 is 0 Å². The molecule has 3 nitrogen and oxygen atoms in total. The van der Waals surface area contributed by atoms with E-state index in [-0.39, 0.29) is 5.92 Å². The van der Waals surface area contributed by atoms with E-state index in [4.69, 9.17) is 0 Å². The van der Waals surface area contributed by atoms with Crippen LogP contribution in [0, 0.1) is 11.8 Å². The first kappa shape index (κ1) is 14.6. The Hall–Kier alpha value is -1.35. The molecule has 0 spiro atoms. The minimum absolute atomic E-state index is 0.224. The molecule has 0 aliphatic carbocycles. The summed E-state index contributed by atoms with van der Waals surface area (Å²) in [6, 6.07) is 10.6. The SMILES string of the molecule is CC1CCN(C(=O)C2CCN(Cc3ccccc3)C2)CC1. The number of benzene rings is 1. The van der Waals surface area contributed by atoms with Crippen LogP contribution >= 0.6 is 0 Å². The summed E-state index contributed by atoms with van der Waals surface area (Å²) in [6.07, 6.45) is 3.37. The molecule has 0 radical (unpaired) electrons. The lowest BCUT2D eigenvalue weighted by molar-refractivity contribution is -0.136. The van der Waals surface area contributed by atoms with Crippen LogP contribution in [0.1, 0.15) is 31.7 Å². The molecule has 1 amide bonds. The van der Waals surface area contributed by atoms with Gasteiger partial charge in [-0.25, -0.2) is 0 Å². The maximum atomic E-state index is 12.6. The van der Waals surface area contributed by atoms with Crippen LogP contribution in [0.25, 0.3) is 0 Å². The van der Waals surface area contributed by atoms with E-state index in [1.807, 2.05) is 0 Å². The van der Waals surface area contributed by atoms with E-state index in [1.54, 1.807) is 0 Å². The number of likely N-dealkylation sites (tertiary alicyclic amines) is 2. The Bertz CT molecular complexity index is 465. The third kappa shape index (κ3) is 3.65. The monoisotopic (exact) mass is 286 g/mol. The van der Waals surface area contributed by atoms with Gasteiger partial charge in [0.2, 0.25) is 5.91 Å². The Morgan fingerprint density at radius 2 is 1.81 bits per heavy atom. The molecular formula is C18H26N2O. The second-order valence-corrected chi connectivity index (χ2v) is 6.71. The molecule has 114 valence electrons. The predicted octanol–water partition coefficient (Wildman–Crippen LogP) is 2.77. The van der Waals surface area contributed by atoms with Crippen molar-refractivity contribution >= 4 is 5.91 Å². The fourth-order valence-corrected chi connectivity index (χ4v) is 3.51. The third-order valence-electron chi connectivity index (χ3n) is 4.97. The van der Waals surface area contributed by atoms with Crippen molar-refractivity contribution < 1.29 is 4.79 Å². The molecule has 21 heavy (non-hydrogen) atoms. The Morgan fingerprint density at radius 1 is 1.10 bits per heavy atom. The molecule has 1 aromatic rings. The number of hydrogen-bond donors (Lipinski definition) is 0. The van der Waals surface area contributed by atoms with E-state index in [0.29, 0.717) is 5.91 Å². The average Bonchev–Trinajstić information content (AvgIpc) is 2.97. The molecule has 0 saturated carbocycles. The summed E-state index contributed by atoms with van der Waals surface area (Å²) in [7, 11) is 0. The van der Waals surface area contributed by atoms with Gasteiger partial charge in [-0.05, 0) is 37.3 Å². The molecule has 2 saturated heterocycles. The molecule has 2 aliphatic rings. The summed E-state index contributed by atoms with van der Waals surface area (Å²) in [6.45, 7) is 7.18. The second-order valence-electron chi connectivity index (χ2n) is 6.71. The number of carbonyl (C=O) groups excluding carboxylic acids is 1. The highest BCUT2D eigenvalue weighted by Crippen LogP contribution is 2.24. The van der Waals surface area contributed by atoms with Crippen LogP contribution in [0.15, 0.2) is 30.3 Å². The summed E-state index contributed by atoms with van der Waals surface area (Å²) in [4.78, 5) is 17.1. The highest BCUT2D eigenvalue weighted by Gasteiger charge is 2.32. The van der Waals surface area contributed by atoms with Crippen molar-refractivity contribution in [3.8, 4) is 0 Å². The number of rotatable bonds is 3. The van der Waals surface area contributed by atoms with E-state index >= 15 is 0 Å². The molecule has 1 unspecified atom stereocenters. The fraction of sp³-hybridized carbons (Fsp3) is 0.611. The largest absolute Gasteiger partial charge is 0.342 e. The minimum Gasteiger partial charge on any atom is -0.342 e. The summed E-state index contributed by atoms with van der Waals surface area (Å²) in [5.74, 6) is 1.41. The topological polar surface area (TPSA) is 23.6 Å². The Morgan fingerprint density at radius 3 is 2.52 bits per heavy atom. The minimum atomic E-state index is 0.224. The van der Waals surface area contributed by atoms with Gasteiger partial charge in [-0.15, -0.1) is 0 Å². The van der Waals surface area contributed by atoms with E-state index < -0.39 is 0 Å². The molecule has 2 heterocycles. The zero-order valence-electron chi connectivity index (χ0n) is 13.0. The van der Waals surface area contributed by atoms with Crippen molar-refractivity contribution in [2.24, 2.45) is 11.8 Å². The summed E-state index contributed by atoms with van der Waals surface area (Å²) in [5, 5.41) is 0. The molecule has 2 fully saturated rings.